The first kappa shape index (κ1) is 17.1. The van der Waals surface area contributed by atoms with Gasteiger partial charge in [-0.1, -0.05) is 24.3 Å². The molecule has 2 aromatic carbocycles. The molecular formula is C21H22N4O2. The Bertz CT molecular complexity index is 921. The van der Waals surface area contributed by atoms with Crippen molar-refractivity contribution in [3.63, 3.8) is 0 Å². The maximum absolute atomic E-state index is 12.5. The van der Waals surface area contributed by atoms with Crippen molar-refractivity contribution < 1.29 is 9.53 Å². The lowest BCUT2D eigenvalue weighted by molar-refractivity contribution is -0.126. The van der Waals surface area contributed by atoms with E-state index in [-0.39, 0.29) is 5.91 Å². The fraction of sp³-hybridized carbons (Fsp3) is 0.238. The van der Waals surface area contributed by atoms with E-state index < -0.39 is 0 Å². The van der Waals surface area contributed by atoms with E-state index in [1.807, 2.05) is 59.5 Å². The number of ether oxygens (including phenoxy) is 1. The first-order chi connectivity index (χ1) is 13.2. The third-order valence-electron chi connectivity index (χ3n) is 4.80. The van der Waals surface area contributed by atoms with Gasteiger partial charge in [-0.25, -0.2) is 4.98 Å². The van der Waals surface area contributed by atoms with Gasteiger partial charge in [0.2, 0.25) is 11.9 Å². The van der Waals surface area contributed by atoms with Gasteiger partial charge in [0.05, 0.1) is 18.1 Å². The molecule has 0 aliphatic carbocycles. The van der Waals surface area contributed by atoms with E-state index in [1.54, 1.807) is 13.2 Å². The van der Waals surface area contributed by atoms with Crippen LogP contribution in [0.4, 0.5) is 5.95 Å². The molecule has 0 spiro atoms. The summed E-state index contributed by atoms with van der Waals surface area (Å²) in [6.07, 6.45) is 3.48. The molecule has 27 heavy (non-hydrogen) atoms. The quantitative estimate of drug-likeness (QED) is 0.725. The highest BCUT2D eigenvalue weighted by Crippen LogP contribution is 2.18. The molecular weight excluding hydrogens is 340 g/mol. The first-order valence-corrected chi connectivity index (χ1v) is 9.04. The van der Waals surface area contributed by atoms with E-state index in [2.05, 4.69) is 14.9 Å². The van der Waals surface area contributed by atoms with Gasteiger partial charge in [0.1, 0.15) is 5.75 Å². The lowest BCUT2D eigenvalue weighted by Crippen LogP contribution is -2.48. The third kappa shape index (κ3) is 3.79. The number of benzene rings is 2. The van der Waals surface area contributed by atoms with Crippen molar-refractivity contribution in [3.05, 3.63) is 60.2 Å². The standard InChI is InChI=1S/C21H22N4O2/c1-27-17-9-6-16(7-10-17)8-11-20(26)24-12-14-25(15-13-24)21-22-18-4-2-3-5-19(18)23-21/h2-11H,12-15H2,1H3,(H,22,23)/b11-8+. The molecule has 1 amide bonds. The number of aromatic amines is 1. The summed E-state index contributed by atoms with van der Waals surface area (Å²) in [4.78, 5) is 24.5. The summed E-state index contributed by atoms with van der Waals surface area (Å²) in [5.74, 6) is 1.72. The van der Waals surface area contributed by atoms with Gasteiger partial charge in [0, 0.05) is 32.3 Å². The van der Waals surface area contributed by atoms with Gasteiger partial charge < -0.3 is 19.5 Å². The fourth-order valence-electron chi connectivity index (χ4n) is 3.22. The number of hydrogen-bond acceptors (Lipinski definition) is 4. The highest BCUT2D eigenvalue weighted by molar-refractivity contribution is 5.92. The molecule has 1 aliphatic heterocycles. The average Bonchev–Trinajstić information content (AvgIpc) is 3.17. The lowest BCUT2D eigenvalue weighted by atomic mass is 10.2. The largest absolute Gasteiger partial charge is 0.497 e. The van der Waals surface area contributed by atoms with Crippen LogP contribution in [0.25, 0.3) is 17.1 Å². The third-order valence-corrected chi connectivity index (χ3v) is 4.80. The molecule has 0 saturated carbocycles. The van der Waals surface area contributed by atoms with Crippen LogP contribution in [0.3, 0.4) is 0 Å². The molecule has 0 radical (unpaired) electrons. The van der Waals surface area contributed by atoms with Crippen LogP contribution in [0.5, 0.6) is 5.75 Å². The van der Waals surface area contributed by atoms with Gasteiger partial charge in [-0.3, -0.25) is 4.79 Å². The number of aromatic nitrogens is 2. The summed E-state index contributed by atoms with van der Waals surface area (Å²) < 4.78 is 5.14. The molecule has 1 aliphatic rings. The van der Waals surface area contributed by atoms with E-state index in [9.17, 15) is 4.79 Å². The molecule has 6 heteroatoms. The van der Waals surface area contributed by atoms with Crippen LogP contribution in [0, 0.1) is 0 Å². The zero-order valence-electron chi connectivity index (χ0n) is 15.3. The Labute approximate surface area is 158 Å². The highest BCUT2D eigenvalue weighted by atomic mass is 16.5. The predicted octanol–water partition coefficient (Wildman–Crippen LogP) is 2.93. The number of methoxy groups -OCH3 is 1. The number of amides is 1. The number of imidazole rings is 1. The van der Waals surface area contributed by atoms with Gasteiger partial charge in [0.25, 0.3) is 0 Å². The zero-order chi connectivity index (χ0) is 18.6. The summed E-state index contributed by atoms with van der Waals surface area (Å²) in [6.45, 7) is 2.90. The van der Waals surface area contributed by atoms with Gasteiger partial charge in [0.15, 0.2) is 0 Å². The van der Waals surface area contributed by atoms with E-state index in [0.29, 0.717) is 13.1 Å². The van der Waals surface area contributed by atoms with Crippen LogP contribution in [-0.2, 0) is 4.79 Å². The minimum Gasteiger partial charge on any atom is -0.497 e. The molecule has 0 atom stereocenters. The number of anilines is 1. The maximum atomic E-state index is 12.5. The normalized spacial score (nSPS) is 14.9. The van der Waals surface area contributed by atoms with Crippen molar-refractivity contribution in [2.45, 2.75) is 0 Å². The number of fused-ring (bicyclic) bond motifs is 1. The Morgan fingerprint density at radius 2 is 1.81 bits per heavy atom. The van der Waals surface area contributed by atoms with Crippen molar-refractivity contribution in [3.8, 4) is 5.75 Å². The minimum absolute atomic E-state index is 0.0371. The van der Waals surface area contributed by atoms with Crippen LogP contribution in [-0.4, -0.2) is 54.1 Å². The molecule has 1 aromatic heterocycles. The van der Waals surface area contributed by atoms with E-state index >= 15 is 0 Å². The number of rotatable bonds is 4. The Morgan fingerprint density at radius 1 is 1.07 bits per heavy atom. The second-order valence-corrected chi connectivity index (χ2v) is 6.50. The van der Waals surface area contributed by atoms with Crippen LogP contribution in [0.1, 0.15) is 5.56 Å². The first-order valence-electron chi connectivity index (χ1n) is 9.04. The minimum atomic E-state index is 0.0371. The summed E-state index contributed by atoms with van der Waals surface area (Å²) in [7, 11) is 1.64. The van der Waals surface area contributed by atoms with Crippen molar-refractivity contribution >= 4 is 29.0 Å². The zero-order valence-corrected chi connectivity index (χ0v) is 15.3. The van der Waals surface area contributed by atoms with Crippen LogP contribution < -0.4 is 9.64 Å². The number of carbonyl (C=O) groups excluding carboxylic acids is 1. The Balaban J connectivity index is 1.35. The second-order valence-electron chi connectivity index (χ2n) is 6.50. The molecule has 4 rings (SSSR count). The van der Waals surface area contributed by atoms with E-state index in [1.165, 1.54) is 0 Å². The number of piperazine rings is 1. The Hall–Kier alpha value is -3.28. The van der Waals surface area contributed by atoms with Crippen molar-refractivity contribution in [1.82, 2.24) is 14.9 Å². The number of carbonyl (C=O) groups is 1. The van der Waals surface area contributed by atoms with Crippen LogP contribution in [0.2, 0.25) is 0 Å². The fourth-order valence-corrected chi connectivity index (χ4v) is 3.22. The van der Waals surface area contributed by atoms with E-state index in [0.717, 1.165) is 41.4 Å². The second kappa shape index (κ2) is 7.53. The molecule has 1 N–H and O–H groups in total. The van der Waals surface area contributed by atoms with Crippen molar-refractivity contribution in [2.24, 2.45) is 0 Å². The smallest absolute Gasteiger partial charge is 0.246 e. The monoisotopic (exact) mass is 362 g/mol. The van der Waals surface area contributed by atoms with Gasteiger partial charge >= 0.3 is 0 Å². The Kier molecular flexibility index (Phi) is 4.78. The van der Waals surface area contributed by atoms with Crippen molar-refractivity contribution in [2.75, 3.05) is 38.2 Å². The van der Waals surface area contributed by atoms with Gasteiger partial charge in [-0.15, -0.1) is 0 Å². The summed E-state index contributed by atoms with van der Waals surface area (Å²) in [5.41, 5.74) is 2.98. The molecule has 0 unspecified atom stereocenters. The molecule has 0 bridgehead atoms. The number of hydrogen-bond donors (Lipinski definition) is 1. The lowest BCUT2D eigenvalue weighted by Gasteiger charge is -2.34. The molecule has 3 aromatic rings. The number of nitrogens with zero attached hydrogens (tertiary/aromatic N) is 3. The molecule has 1 fully saturated rings. The van der Waals surface area contributed by atoms with E-state index in [4.69, 9.17) is 4.74 Å². The summed E-state index contributed by atoms with van der Waals surface area (Å²) >= 11 is 0. The number of nitrogens with one attached hydrogen (secondary N) is 1. The molecule has 1 saturated heterocycles. The molecule has 6 nitrogen and oxygen atoms in total. The Morgan fingerprint density at radius 3 is 2.52 bits per heavy atom. The number of para-hydroxylation sites is 2. The van der Waals surface area contributed by atoms with Crippen molar-refractivity contribution in [1.29, 1.82) is 0 Å². The van der Waals surface area contributed by atoms with Crippen LogP contribution >= 0.6 is 0 Å². The highest BCUT2D eigenvalue weighted by Gasteiger charge is 2.21. The predicted molar refractivity (Wildman–Crippen MR) is 107 cm³/mol. The average molecular weight is 362 g/mol. The van der Waals surface area contributed by atoms with Gasteiger partial charge in [-0.05, 0) is 35.9 Å². The van der Waals surface area contributed by atoms with Gasteiger partial charge in [-0.2, -0.15) is 0 Å². The molecule has 2 heterocycles. The summed E-state index contributed by atoms with van der Waals surface area (Å²) in [6, 6.07) is 15.6. The van der Waals surface area contributed by atoms with Crippen LogP contribution in [0.15, 0.2) is 54.6 Å². The summed E-state index contributed by atoms with van der Waals surface area (Å²) in [5, 5.41) is 0. The SMILES string of the molecule is COc1ccc(/C=C/C(=O)N2CCN(c3nc4ccccc4[nH]3)CC2)cc1. The number of H-pyrrole nitrogens is 1. The maximum Gasteiger partial charge on any atom is 0.246 e. The topological polar surface area (TPSA) is 61.5 Å². The molecule has 138 valence electrons.